The molecular formula is C20H24ClNO4. The number of esters is 1. The molecule has 0 aliphatic heterocycles. The molecule has 1 unspecified atom stereocenters. The largest absolute Gasteiger partial charge is 0.504 e. The summed E-state index contributed by atoms with van der Waals surface area (Å²) in [5.74, 6) is -1.15. The maximum absolute atomic E-state index is 12.4. The Bertz CT molecular complexity index is 812. The van der Waals surface area contributed by atoms with Crippen LogP contribution in [0.1, 0.15) is 47.1 Å². The van der Waals surface area contributed by atoms with Gasteiger partial charge in [0.15, 0.2) is 17.3 Å². The normalized spacial score (nSPS) is 12.0. The van der Waals surface area contributed by atoms with Crippen LogP contribution >= 0.6 is 12.4 Å². The summed E-state index contributed by atoms with van der Waals surface area (Å²) in [7, 11) is 0. The molecule has 0 aliphatic rings. The fourth-order valence-corrected chi connectivity index (χ4v) is 2.26. The number of phenols is 1. The Labute approximate surface area is 159 Å². The Morgan fingerprint density at radius 2 is 1.73 bits per heavy atom. The van der Waals surface area contributed by atoms with Crippen LogP contribution in [0.15, 0.2) is 42.5 Å². The van der Waals surface area contributed by atoms with Crippen LogP contribution in [-0.2, 0) is 0 Å². The van der Waals surface area contributed by atoms with Crippen molar-refractivity contribution in [1.82, 2.24) is 0 Å². The molecule has 0 saturated carbocycles. The Morgan fingerprint density at radius 3 is 2.27 bits per heavy atom. The second kappa shape index (κ2) is 8.34. The van der Waals surface area contributed by atoms with Crippen molar-refractivity contribution in [3.05, 3.63) is 59.2 Å². The van der Waals surface area contributed by atoms with Crippen molar-refractivity contribution < 1.29 is 19.4 Å². The number of hydrogen-bond acceptors (Lipinski definition) is 5. The van der Waals surface area contributed by atoms with Crippen LogP contribution in [0.25, 0.3) is 0 Å². The van der Waals surface area contributed by atoms with Crippen LogP contribution in [0.2, 0.25) is 0 Å². The lowest BCUT2D eigenvalue weighted by atomic mass is 9.83. The van der Waals surface area contributed by atoms with E-state index in [-0.39, 0.29) is 35.3 Å². The van der Waals surface area contributed by atoms with E-state index < -0.39 is 17.4 Å². The van der Waals surface area contributed by atoms with Crippen LogP contribution in [0.4, 0.5) is 0 Å². The molecule has 26 heavy (non-hydrogen) atoms. The highest BCUT2D eigenvalue weighted by molar-refractivity contribution is 6.01. The van der Waals surface area contributed by atoms with Crippen LogP contribution in [0, 0.1) is 12.3 Å². The van der Waals surface area contributed by atoms with Gasteiger partial charge < -0.3 is 15.6 Å². The summed E-state index contributed by atoms with van der Waals surface area (Å²) in [5, 5.41) is 10.1. The number of benzene rings is 2. The highest BCUT2D eigenvalue weighted by Gasteiger charge is 2.28. The summed E-state index contributed by atoms with van der Waals surface area (Å²) < 4.78 is 5.22. The standard InChI is InChI=1S/C20H23NO4.ClH/c1-12-6-5-7-14(10-12)19(24)25-16-9-8-13(11-15(16)22)17(23)18(21)20(2,3)4;/h5-11,18,22H,21H2,1-4H3;1H. The van der Waals surface area contributed by atoms with E-state index in [0.29, 0.717) is 5.56 Å². The molecule has 0 aromatic heterocycles. The summed E-state index contributed by atoms with van der Waals surface area (Å²) in [4.78, 5) is 24.5. The van der Waals surface area contributed by atoms with Crippen molar-refractivity contribution >= 4 is 24.2 Å². The van der Waals surface area contributed by atoms with Gasteiger partial charge in [-0.3, -0.25) is 4.79 Å². The zero-order chi connectivity index (χ0) is 18.8. The molecule has 0 fully saturated rings. The second-order valence-electron chi connectivity index (χ2n) is 7.15. The van der Waals surface area contributed by atoms with E-state index in [1.807, 2.05) is 33.8 Å². The number of halogens is 1. The van der Waals surface area contributed by atoms with Crippen LogP contribution in [-0.4, -0.2) is 22.9 Å². The summed E-state index contributed by atoms with van der Waals surface area (Å²) in [6.45, 7) is 7.47. The molecule has 1 atom stereocenters. The van der Waals surface area contributed by atoms with Gasteiger partial charge in [-0.25, -0.2) is 4.79 Å². The Balaban J connectivity index is 0.00000338. The van der Waals surface area contributed by atoms with Crippen molar-refractivity contribution in [1.29, 1.82) is 0 Å². The first-order valence-electron chi connectivity index (χ1n) is 8.01. The first kappa shape index (κ1) is 21.7. The van der Waals surface area contributed by atoms with E-state index in [1.54, 1.807) is 18.2 Å². The minimum Gasteiger partial charge on any atom is -0.504 e. The number of carbonyl (C=O) groups is 2. The summed E-state index contributed by atoms with van der Waals surface area (Å²) in [6.07, 6.45) is 0. The monoisotopic (exact) mass is 377 g/mol. The Kier molecular flexibility index (Phi) is 6.95. The molecule has 5 nitrogen and oxygen atoms in total. The number of hydrogen-bond donors (Lipinski definition) is 2. The van der Waals surface area contributed by atoms with Crippen molar-refractivity contribution in [2.24, 2.45) is 11.1 Å². The van der Waals surface area contributed by atoms with E-state index in [4.69, 9.17) is 10.5 Å². The highest BCUT2D eigenvalue weighted by atomic mass is 35.5. The van der Waals surface area contributed by atoms with Gasteiger partial charge in [0.05, 0.1) is 11.6 Å². The molecule has 0 amide bonds. The third-order valence-electron chi connectivity index (χ3n) is 3.92. The molecule has 0 spiro atoms. The quantitative estimate of drug-likeness (QED) is 0.479. The number of carbonyl (C=O) groups excluding carboxylic acids is 2. The first-order valence-corrected chi connectivity index (χ1v) is 8.01. The van der Waals surface area contributed by atoms with Gasteiger partial charge in [0.25, 0.3) is 0 Å². The summed E-state index contributed by atoms with van der Waals surface area (Å²) in [5.41, 5.74) is 7.15. The number of ether oxygens (including phenoxy) is 1. The highest BCUT2D eigenvalue weighted by Crippen LogP contribution is 2.29. The fraction of sp³-hybridized carbons (Fsp3) is 0.300. The average molecular weight is 378 g/mol. The number of phenolic OH excluding ortho intramolecular Hbond substituents is 1. The minimum atomic E-state index is -0.701. The number of ketones is 1. The van der Waals surface area contributed by atoms with Gasteiger partial charge in [-0.15, -0.1) is 12.4 Å². The SMILES string of the molecule is Cc1cccc(C(=O)Oc2ccc(C(=O)C(N)C(C)(C)C)cc2O)c1.Cl. The molecule has 3 N–H and O–H groups in total. The van der Waals surface area contributed by atoms with Gasteiger partial charge in [0, 0.05) is 5.56 Å². The minimum absolute atomic E-state index is 0. The number of rotatable bonds is 4. The van der Waals surface area contributed by atoms with Gasteiger partial charge in [0.1, 0.15) is 0 Å². The third kappa shape index (κ3) is 5.07. The molecule has 0 heterocycles. The maximum atomic E-state index is 12.4. The van der Waals surface area contributed by atoms with E-state index in [9.17, 15) is 14.7 Å². The molecule has 140 valence electrons. The molecule has 2 rings (SSSR count). The van der Waals surface area contributed by atoms with Gasteiger partial charge >= 0.3 is 5.97 Å². The topological polar surface area (TPSA) is 89.6 Å². The molecular weight excluding hydrogens is 354 g/mol. The Morgan fingerprint density at radius 1 is 1.08 bits per heavy atom. The van der Waals surface area contributed by atoms with Crippen molar-refractivity contribution in [2.75, 3.05) is 0 Å². The van der Waals surface area contributed by atoms with Crippen LogP contribution < -0.4 is 10.5 Å². The maximum Gasteiger partial charge on any atom is 0.343 e. The summed E-state index contributed by atoms with van der Waals surface area (Å²) in [6, 6.07) is 10.4. The van der Waals surface area contributed by atoms with Crippen molar-refractivity contribution in [3.8, 4) is 11.5 Å². The van der Waals surface area contributed by atoms with Crippen molar-refractivity contribution in [2.45, 2.75) is 33.7 Å². The predicted molar refractivity (Wildman–Crippen MR) is 103 cm³/mol. The smallest absolute Gasteiger partial charge is 0.343 e. The molecule has 0 aliphatic carbocycles. The number of aromatic hydroxyl groups is 1. The second-order valence-corrected chi connectivity index (χ2v) is 7.15. The van der Waals surface area contributed by atoms with Gasteiger partial charge in [-0.05, 0) is 42.7 Å². The molecule has 0 saturated heterocycles. The van der Waals surface area contributed by atoms with E-state index >= 15 is 0 Å². The van der Waals surface area contributed by atoms with E-state index in [1.165, 1.54) is 18.2 Å². The van der Waals surface area contributed by atoms with E-state index in [0.717, 1.165) is 5.56 Å². The van der Waals surface area contributed by atoms with Gasteiger partial charge in [-0.2, -0.15) is 0 Å². The molecule has 2 aromatic rings. The average Bonchev–Trinajstić information content (AvgIpc) is 2.54. The lowest BCUT2D eigenvalue weighted by Gasteiger charge is -2.25. The first-order chi connectivity index (χ1) is 11.6. The number of nitrogens with two attached hydrogens (primary N) is 1. The third-order valence-corrected chi connectivity index (χ3v) is 3.92. The predicted octanol–water partition coefficient (Wildman–Crippen LogP) is 3.90. The zero-order valence-corrected chi connectivity index (χ0v) is 16.1. The van der Waals surface area contributed by atoms with Crippen LogP contribution in [0.3, 0.4) is 0 Å². The molecule has 2 aromatic carbocycles. The van der Waals surface area contributed by atoms with Crippen LogP contribution in [0.5, 0.6) is 11.5 Å². The lowest BCUT2D eigenvalue weighted by molar-refractivity contribution is 0.0729. The lowest BCUT2D eigenvalue weighted by Crippen LogP contribution is -2.42. The number of Topliss-reactive ketones (excluding diaryl/α,β-unsaturated/α-hetero) is 1. The Hall–Kier alpha value is -2.37. The molecule has 6 heteroatoms. The fourth-order valence-electron chi connectivity index (χ4n) is 2.26. The van der Waals surface area contributed by atoms with E-state index in [2.05, 4.69) is 0 Å². The van der Waals surface area contributed by atoms with Gasteiger partial charge in [0.2, 0.25) is 0 Å². The zero-order valence-electron chi connectivity index (χ0n) is 15.3. The summed E-state index contributed by atoms with van der Waals surface area (Å²) >= 11 is 0. The molecule has 0 bridgehead atoms. The molecule has 0 radical (unpaired) electrons. The van der Waals surface area contributed by atoms with Gasteiger partial charge in [-0.1, -0.05) is 38.5 Å². The van der Waals surface area contributed by atoms with Crippen molar-refractivity contribution in [3.63, 3.8) is 0 Å². The number of aryl methyl sites for hydroxylation is 1.